The van der Waals surface area contributed by atoms with Gasteiger partial charge in [0.1, 0.15) is 23.6 Å². The molecule has 10 heteroatoms. The van der Waals surface area contributed by atoms with Gasteiger partial charge in [-0.25, -0.2) is 24.5 Å². The molecule has 1 saturated heterocycles. The molecule has 1 amide bonds. The summed E-state index contributed by atoms with van der Waals surface area (Å²) in [5.74, 6) is 1.20. The Balaban J connectivity index is 1.75. The van der Waals surface area contributed by atoms with E-state index in [0.717, 1.165) is 16.8 Å². The molecule has 1 aliphatic rings. The fraction of sp³-hybridized carbons (Fsp3) is 0.536. The van der Waals surface area contributed by atoms with Gasteiger partial charge < -0.3 is 19.3 Å². The minimum absolute atomic E-state index is 0.00504. The van der Waals surface area contributed by atoms with Gasteiger partial charge in [0, 0.05) is 37.6 Å². The fourth-order valence-corrected chi connectivity index (χ4v) is 4.79. The van der Waals surface area contributed by atoms with Crippen LogP contribution in [0.4, 0.5) is 10.6 Å². The van der Waals surface area contributed by atoms with E-state index < -0.39 is 11.6 Å². The van der Waals surface area contributed by atoms with Crippen LogP contribution >= 0.6 is 0 Å². The van der Waals surface area contributed by atoms with Crippen LogP contribution in [-0.4, -0.2) is 73.9 Å². The molecule has 10 nitrogen and oxygen atoms in total. The van der Waals surface area contributed by atoms with Crippen LogP contribution in [0.2, 0.25) is 0 Å². The maximum absolute atomic E-state index is 12.9. The monoisotopic (exact) mass is 522 g/mol. The molecule has 0 spiro atoms. The van der Waals surface area contributed by atoms with Gasteiger partial charge in [-0.1, -0.05) is 13.8 Å². The molecule has 1 aliphatic heterocycles. The molecule has 3 aromatic heterocycles. The van der Waals surface area contributed by atoms with Crippen LogP contribution in [0.3, 0.4) is 0 Å². The maximum atomic E-state index is 12.9. The highest BCUT2D eigenvalue weighted by atomic mass is 16.6. The molecule has 2 unspecified atom stereocenters. The molecule has 204 valence electrons. The van der Waals surface area contributed by atoms with Crippen molar-refractivity contribution in [3.63, 3.8) is 0 Å². The molecule has 0 aliphatic carbocycles. The number of ether oxygens (including phenoxy) is 2. The molecule has 38 heavy (non-hydrogen) atoms. The van der Waals surface area contributed by atoms with Crippen molar-refractivity contribution < 1.29 is 19.1 Å². The van der Waals surface area contributed by atoms with Gasteiger partial charge in [0.2, 0.25) is 0 Å². The number of fused-ring (bicyclic) bond motifs is 1. The smallest absolute Gasteiger partial charge is 0.410 e. The van der Waals surface area contributed by atoms with Crippen molar-refractivity contribution in [1.82, 2.24) is 24.4 Å². The summed E-state index contributed by atoms with van der Waals surface area (Å²) in [4.78, 5) is 43.2. The summed E-state index contributed by atoms with van der Waals surface area (Å²) in [5, 5.41) is 0.940. The van der Waals surface area contributed by atoms with Gasteiger partial charge in [-0.15, -0.1) is 0 Å². The number of nitrogens with zero attached hydrogens (tertiary/aromatic N) is 6. The zero-order chi connectivity index (χ0) is 27.8. The summed E-state index contributed by atoms with van der Waals surface area (Å²) in [6.07, 6.45) is 4.89. The van der Waals surface area contributed by atoms with Gasteiger partial charge >= 0.3 is 12.1 Å². The first-order chi connectivity index (χ1) is 17.9. The summed E-state index contributed by atoms with van der Waals surface area (Å²) in [6, 6.07) is 3.29. The molecule has 1 fully saturated rings. The minimum Gasteiger partial charge on any atom is -0.462 e. The van der Waals surface area contributed by atoms with Gasteiger partial charge in [-0.05, 0) is 65.2 Å². The Morgan fingerprint density at radius 1 is 1.11 bits per heavy atom. The highest BCUT2D eigenvalue weighted by Crippen LogP contribution is 2.36. The van der Waals surface area contributed by atoms with E-state index in [-0.39, 0.29) is 24.1 Å². The normalized spacial score (nSPS) is 18.2. The van der Waals surface area contributed by atoms with Crippen LogP contribution in [-0.2, 0) is 9.47 Å². The second-order valence-corrected chi connectivity index (χ2v) is 11.1. The largest absolute Gasteiger partial charge is 0.462 e. The highest BCUT2D eigenvalue weighted by Gasteiger charge is 2.36. The molecule has 0 N–H and O–H groups in total. The number of carbonyl (C=O) groups excluding carboxylic acids is 2. The topological polar surface area (TPSA) is 103 Å². The van der Waals surface area contributed by atoms with Crippen molar-refractivity contribution >= 4 is 28.9 Å². The predicted octanol–water partition coefficient (Wildman–Crippen LogP) is 4.95. The van der Waals surface area contributed by atoms with Crippen molar-refractivity contribution in [3.05, 3.63) is 42.0 Å². The lowest BCUT2D eigenvalue weighted by molar-refractivity contribution is 0.0130. The van der Waals surface area contributed by atoms with Crippen LogP contribution in [0, 0.1) is 0 Å². The number of aromatic nitrogens is 4. The molecule has 2 atom stereocenters. The summed E-state index contributed by atoms with van der Waals surface area (Å²) < 4.78 is 12.7. The quantitative estimate of drug-likeness (QED) is 0.434. The lowest BCUT2D eigenvalue weighted by Crippen LogP contribution is -2.59. The minimum atomic E-state index is -0.552. The van der Waals surface area contributed by atoms with E-state index >= 15 is 0 Å². The third-order valence-corrected chi connectivity index (χ3v) is 6.60. The lowest BCUT2D eigenvalue weighted by atomic mass is 10.0. The first kappa shape index (κ1) is 27.3. The van der Waals surface area contributed by atoms with Crippen molar-refractivity contribution in [2.75, 3.05) is 24.6 Å². The Labute approximate surface area is 224 Å². The van der Waals surface area contributed by atoms with Crippen molar-refractivity contribution in [3.8, 4) is 5.82 Å². The molecular weight excluding hydrogens is 484 g/mol. The number of hydrogen-bond donors (Lipinski definition) is 0. The van der Waals surface area contributed by atoms with Gasteiger partial charge in [0.15, 0.2) is 5.65 Å². The van der Waals surface area contributed by atoms with Crippen LogP contribution in [0.25, 0.3) is 16.9 Å². The second-order valence-electron chi connectivity index (χ2n) is 11.1. The standard InChI is InChI=1S/C28H38N6O4/c1-9-37-26(35)20-10-11-29-22(12-20)34-15-21(17(2)3)23-24(30-16-31-25(23)34)32-13-19(5)33(14-18(32)4)27(36)38-28(6,7)8/h10-12,15-19H,9,13-14H2,1-8H3. The average molecular weight is 523 g/mol. The number of esters is 1. The Hall–Kier alpha value is -3.69. The molecule has 0 bridgehead atoms. The Morgan fingerprint density at radius 3 is 2.50 bits per heavy atom. The first-order valence-electron chi connectivity index (χ1n) is 13.2. The van der Waals surface area contributed by atoms with Gasteiger partial charge in [-0.3, -0.25) is 4.57 Å². The van der Waals surface area contributed by atoms with Crippen molar-refractivity contribution in [2.24, 2.45) is 0 Å². The van der Waals surface area contributed by atoms with Gasteiger partial charge in [-0.2, -0.15) is 0 Å². The molecule has 0 radical (unpaired) electrons. The van der Waals surface area contributed by atoms with Crippen LogP contribution in [0.1, 0.15) is 77.2 Å². The maximum Gasteiger partial charge on any atom is 0.410 e. The SMILES string of the molecule is CCOC(=O)c1ccnc(-n2cc(C(C)C)c3c(N4CC(C)N(C(=O)OC(C)(C)C)CC4C)ncnc32)c1. The highest BCUT2D eigenvalue weighted by molar-refractivity contribution is 5.94. The zero-order valence-electron chi connectivity index (χ0n) is 23.6. The van der Waals surface area contributed by atoms with Crippen molar-refractivity contribution in [2.45, 2.75) is 79.0 Å². The number of hydrogen-bond acceptors (Lipinski definition) is 8. The molecule has 0 aromatic carbocycles. The van der Waals surface area contributed by atoms with Gasteiger partial charge in [0.25, 0.3) is 0 Å². The van der Waals surface area contributed by atoms with Crippen LogP contribution in [0.15, 0.2) is 30.9 Å². The molecule has 3 aromatic rings. The number of anilines is 1. The number of carbonyl (C=O) groups is 2. The van der Waals surface area contributed by atoms with Crippen molar-refractivity contribution in [1.29, 1.82) is 0 Å². The number of piperazine rings is 1. The van der Waals surface area contributed by atoms with E-state index in [2.05, 4.69) is 35.6 Å². The molecule has 4 rings (SSSR count). The van der Waals surface area contributed by atoms with E-state index in [1.54, 1.807) is 36.5 Å². The molecular formula is C28H38N6O4. The summed E-state index contributed by atoms with van der Waals surface area (Å²) in [6.45, 7) is 17.2. The van der Waals surface area contributed by atoms with Crippen LogP contribution < -0.4 is 4.90 Å². The third kappa shape index (κ3) is 5.44. The predicted molar refractivity (Wildman–Crippen MR) is 146 cm³/mol. The van der Waals surface area contributed by atoms with Gasteiger partial charge in [0.05, 0.1) is 17.6 Å². The molecule has 0 saturated carbocycles. The second kappa shape index (κ2) is 10.6. The Kier molecular flexibility index (Phi) is 7.62. The number of rotatable bonds is 5. The number of pyridine rings is 1. The Morgan fingerprint density at radius 2 is 1.84 bits per heavy atom. The Bertz CT molecular complexity index is 1330. The molecule has 4 heterocycles. The first-order valence-corrected chi connectivity index (χ1v) is 13.2. The summed E-state index contributed by atoms with van der Waals surface area (Å²) in [5.41, 5.74) is 1.67. The van der Waals surface area contributed by atoms with E-state index in [4.69, 9.17) is 14.5 Å². The van der Waals surface area contributed by atoms with E-state index in [0.29, 0.717) is 36.7 Å². The van der Waals surface area contributed by atoms with E-state index in [9.17, 15) is 9.59 Å². The summed E-state index contributed by atoms with van der Waals surface area (Å²) in [7, 11) is 0. The summed E-state index contributed by atoms with van der Waals surface area (Å²) >= 11 is 0. The fourth-order valence-electron chi connectivity index (χ4n) is 4.79. The average Bonchev–Trinajstić information content (AvgIpc) is 3.25. The van der Waals surface area contributed by atoms with Crippen LogP contribution in [0.5, 0.6) is 0 Å². The third-order valence-electron chi connectivity index (χ3n) is 6.60. The van der Waals surface area contributed by atoms with E-state index in [1.165, 1.54) is 0 Å². The van der Waals surface area contributed by atoms with E-state index in [1.807, 2.05) is 38.5 Å². The lowest BCUT2D eigenvalue weighted by Gasteiger charge is -2.44. The number of amides is 1. The zero-order valence-corrected chi connectivity index (χ0v) is 23.6.